The summed E-state index contributed by atoms with van der Waals surface area (Å²) in [6.45, 7) is 8.77. The topological polar surface area (TPSA) is 41.5 Å². The van der Waals surface area contributed by atoms with Crippen LogP contribution in [0.25, 0.3) is 0 Å². The van der Waals surface area contributed by atoms with E-state index in [2.05, 4.69) is 31.3 Å². The van der Waals surface area contributed by atoms with E-state index in [-0.39, 0.29) is 12.0 Å². The predicted octanol–water partition coefficient (Wildman–Crippen LogP) is 2.24. The van der Waals surface area contributed by atoms with Gasteiger partial charge in [-0.3, -0.25) is 0 Å². The summed E-state index contributed by atoms with van der Waals surface area (Å²) in [5.41, 5.74) is 1.26. The van der Waals surface area contributed by atoms with E-state index in [9.17, 15) is 0 Å². The second kappa shape index (κ2) is 7.39. The predicted molar refractivity (Wildman–Crippen MR) is 75.1 cm³/mol. The molecule has 1 aromatic rings. The van der Waals surface area contributed by atoms with Crippen LogP contribution in [-0.4, -0.2) is 31.4 Å². The van der Waals surface area contributed by atoms with Gasteiger partial charge < -0.3 is 15.2 Å². The van der Waals surface area contributed by atoms with Crippen LogP contribution in [0.5, 0.6) is 5.75 Å². The Morgan fingerprint density at radius 1 is 1.22 bits per heavy atom. The summed E-state index contributed by atoms with van der Waals surface area (Å²) in [6, 6.07) is 8.22. The van der Waals surface area contributed by atoms with Crippen molar-refractivity contribution in [3.8, 4) is 5.75 Å². The number of benzene rings is 1. The molecule has 1 rings (SSSR count). The first-order chi connectivity index (χ1) is 8.57. The summed E-state index contributed by atoms with van der Waals surface area (Å²) in [4.78, 5) is 0. The van der Waals surface area contributed by atoms with Gasteiger partial charge in [-0.05, 0) is 37.6 Å². The minimum absolute atomic E-state index is 0.0428. The molecule has 0 aliphatic heterocycles. The van der Waals surface area contributed by atoms with Gasteiger partial charge in [0.05, 0.1) is 6.61 Å². The molecular formula is C15H25NO2. The number of nitrogens with one attached hydrogen (secondary N) is 1. The minimum Gasteiger partial charge on any atom is -0.494 e. The van der Waals surface area contributed by atoms with Crippen LogP contribution >= 0.6 is 0 Å². The molecule has 3 nitrogen and oxygen atoms in total. The third-order valence-electron chi connectivity index (χ3n) is 2.86. The maximum absolute atomic E-state index is 9.14. The van der Waals surface area contributed by atoms with Gasteiger partial charge in [-0.25, -0.2) is 0 Å². The average molecular weight is 251 g/mol. The van der Waals surface area contributed by atoms with Crippen LogP contribution in [-0.2, 0) is 6.42 Å². The first kappa shape index (κ1) is 15.0. The highest BCUT2D eigenvalue weighted by molar-refractivity contribution is 5.27. The van der Waals surface area contributed by atoms with Gasteiger partial charge in [0.2, 0.25) is 0 Å². The zero-order valence-electron chi connectivity index (χ0n) is 11.7. The number of aliphatic hydroxyl groups excluding tert-OH is 1. The Labute approximate surface area is 110 Å². The fourth-order valence-corrected chi connectivity index (χ4v) is 1.63. The molecule has 0 amide bonds. The molecule has 0 aliphatic carbocycles. The van der Waals surface area contributed by atoms with Gasteiger partial charge >= 0.3 is 0 Å². The Morgan fingerprint density at radius 3 is 2.44 bits per heavy atom. The van der Waals surface area contributed by atoms with Crippen molar-refractivity contribution in [2.45, 2.75) is 27.2 Å². The van der Waals surface area contributed by atoms with Crippen LogP contribution in [0.1, 0.15) is 26.3 Å². The minimum atomic E-state index is -0.0428. The monoisotopic (exact) mass is 251 g/mol. The smallest absolute Gasteiger partial charge is 0.119 e. The lowest BCUT2D eigenvalue weighted by atomic mass is 9.95. The van der Waals surface area contributed by atoms with Crippen molar-refractivity contribution in [2.24, 2.45) is 5.41 Å². The summed E-state index contributed by atoms with van der Waals surface area (Å²) in [6.07, 6.45) is 0.994. The number of ether oxygens (including phenoxy) is 1. The molecule has 0 atom stereocenters. The van der Waals surface area contributed by atoms with Crippen LogP contribution in [0.4, 0.5) is 0 Å². The molecule has 1 aromatic carbocycles. The molecule has 3 heteroatoms. The molecule has 0 bridgehead atoms. The van der Waals surface area contributed by atoms with Gasteiger partial charge in [-0.1, -0.05) is 26.0 Å². The van der Waals surface area contributed by atoms with Crippen molar-refractivity contribution in [3.63, 3.8) is 0 Å². The third kappa shape index (κ3) is 5.52. The molecule has 0 saturated carbocycles. The Bertz CT molecular complexity index is 333. The molecule has 2 N–H and O–H groups in total. The molecule has 0 aliphatic rings. The van der Waals surface area contributed by atoms with E-state index >= 15 is 0 Å². The van der Waals surface area contributed by atoms with Crippen molar-refractivity contribution in [3.05, 3.63) is 29.8 Å². The van der Waals surface area contributed by atoms with Gasteiger partial charge in [0.15, 0.2) is 0 Å². The lowest BCUT2D eigenvalue weighted by molar-refractivity contribution is 0.157. The van der Waals surface area contributed by atoms with Crippen LogP contribution in [0.2, 0.25) is 0 Å². The maximum Gasteiger partial charge on any atom is 0.119 e. The molecule has 102 valence electrons. The second-order valence-corrected chi connectivity index (χ2v) is 5.33. The van der Waals surface area contributed by atoms with Gasteiger partial charge in [0.1, 0.15) is 5.75 Å². The van der Waals surface area contributed by atoms with Crippen molar-refractivity contribution >= 4 is 0 Å². The highest BCUT2D eigenvalue weighted by Crippen LogP contribution is 2.13. The normalized spacial score (nSPS) is 11.6. The SMILES string of the molecule is CCOc1ccc(CCNCC(C)(C)CO)cc1. The van der Waals surface area contributed by atoms with Gasteiger partial charge in [0.25, 0.3) is 0 Å². The number of hydrogen-bond donors (Lipinski definition) is 2. The standard InChI is InChI=1S/C15H25NO2/c1-4-18-14-7-5-13(6-8-14)9-10-16-11-15(2,3)12-17/h5-8,16-17H,4,9-12H2,1-3H3. The average Bonchev–Trinajstić information content (AvgIpc) is 2.37. The molecule has 0 radical (unpaired) electrons. The van der Waals surface area contributed by atoms with Crippen LogP contribution in [0, 0.1) is 5.41 Å². The highest BCUT2D eigenvalue weighted by Gasteiger charge is 2.14. The highest BCUT2D eigenvalue weighted by atomic mass is 16.5. The van der Waals surface area contributed by atoms with E-state index in [1.165, 1.54) is 5.56 Å². The molecule has 0 aromatic heterocycles. The molecule has 0 saturated heterocycles. The van der Waals surface area contributed by atoms with Gasteiger partial charge in [-0.2, -0.15) is 0 Å². The zero-order valence-corrected chi connectivity index (χ0v) is 11.7. The first-order valence-corrected chi connectivity index (χ1v) is 6.61. The Kier molecular flexibility index (Phi) is 6.16. The Balaban J connectivity index is 2.27. The summed E-state index contributed by atoms with van der Waals surface area (Å²) >= 11 is 0. The molecule has 0 fully saturated rings. The first-order valence-electron chi connectivity index (χ1n) is 6.61. The summed E-state index contributed by atoms with van der Waals surface area (Å²) in [5.74, 6) is 0.927. The van der Waals surface area contributed by atoms with Crippen molar-refractivity contribution in [1.29, 1.82) is 0 Å². The van der Waals surface area contributed by atoms with E-state index < -0.39 is 0 Å². The molecule has 18 heavy (non-hydrogen) atoms. The van der Waals surface area contributed by atoms with E-state index in [4.69, 9.17) is 9.84 Å². The van der Waals surface area contributed by atoms with Crippen LogP contribution in [0.15, 0.2) is 24.3 Å². The number of hydrogen-bond acceptors (Lipinski definition) is 3. The van der Waals surface area contributed by atoms with Crippen LogP contribution in [0.3, 0.4) is 0 Å². The summed E-state index contributed by atoms with van der Waals surface area (Å²) in [5, 5.41) is 12.5. The third-order valence-corrected chi connectivity index (χ3v) is 2.86. The van der Waals surface area contributed by atoms with Crippen molar-refractivity contribution < 1.29 is 9.84 Å². The molecule has 0 unspecified atom stereocenters. The Morgan fingerprint density at radius 2 is 1.89 bits per heavy atom. The van der Waals surface area contributed by atoms with E-state index in [0.717, 1.165) is 25.3 Å². The van der Waals surface area contributed by atoms with Crippen molar-refractivity contribution in [2.75, 3.05) is 26.3 Å². The number of aliphatic hydroxyl groups is 1. The van der Waals surface area contributed by atoms with Crippen LogP contribution < -0.4 is 10.1 Å². The molecule has 0 spiro atoms. The van der Waals surface area contributed by atoms with Crippen molar-refractivity contribution in [1.82, 2.24) is 5.32 Å². The van der Waals surface area contributed by atoms with E-state index in [1.807, 2.05) is 19.1 Å². The van der Waals surface area contributed by atoms with E-state index in [1.54, 1.807) is 0 Å². The van der Waals surface area contributed by atoms with Gasteiger partial charge in [0, 0.05) is 18.6 Å². The van der Waals surface area contributed by atoms with Gasteiger partial charge in [-0.15, -0.1) is 0 Å². The lowest BCUT2D eigenvalue weighted by Gasteiger charge is -2.21. The quantitative estimate of drug-likeness (QED) is 0.696. The van der Waals surface area contributed by atoms with E-state index in [0.29, 0.717) is 6.61 Å². The maximum atomic E-state index is 9.14. The second-order valence-electron chi connectivity index (χ2n) is 5.33. The Hall–Kier alpha value is -1.06. The number of rotatable bonds is 8. The molecular weight excluding hydrogens is 226 g/mol. The lowest BCUT2D eigenvalue weighted by Crippen LogP contribution is -2.33. The summed E-state index contributed by atoms with van der Waals surface area (Å²) in [7, 11) is 0. The zero-order chi connectivity index (χ0) is 13.4. The fraction of sp³-hybridized carbons (Fsp3) is 0.600. The summed E-state index contributed by atoms with van der Waals surface area (Å²) < 4.78 is 5.40. The fourth-order valence-electron chi connectivity index (χ4n) is 1.63. The largest absolute Gasteiger partial charge is 0.494 e. The molecule has 0 heterocycles.